The van der Waals surface area contributed by atoms with E-state index in [0.29, 0.717) is 0 Å². The molecule has 0 spiro atoms. The van der Waals surface area contributed by atoms with Gasteiger partial charge in [0.15, 0.2) is 0 Å². The molecule has 0 N–H and O–H groups in total. The molecule has 0 aromatic heterocycles. The van der Waals surface area contributed by atoms with Crippen LogP contribution in [0.3, 0.4) is 0 Å². The third kappa shape index (κ3) is 3.64. The summed E-state index contributed by atoms with van der Waals surface area (Å²) in [6.07, 6.45) is 5.77. The van der Waals surface area contributed by atoms with E-state index >= 15 is 0 Å². The molecule has 0 amide bonds. The number of likely N-dealkylation sites (tertiary alicyclic amines) is 1. The summed E-state index contributed by atoms with van der Waals surface area (Å²) in [7, 11) is 1.64. The molecule has 1 aliphatic heterocycles. The van der Waals surface area contributed by atoms with Crippen LogP contribution in [-0.2, 0) is 0 Å². The van der Waals surface area contributed by atoms with E-state index in [2.05, 4.69) is 4.90 Å². The zero-order chi connectivity index (χ0) is 15.1. The minimum Gasteiger partial charge on any atom is -0.497 e. The SMILES string of the molecule is COc1ccc(/C(=C/C=C(C#N)C#N)N2CCCC2)cc1. The van der Waals surface area contributed by atoms with Crippen LogP contribution in [0, 0.1) is 22.7 Å². The Balaban J connectivity index is 2.36. The molecule has 1 aliphatic rings. The summed E-state index contributed by atoms with van der Waals surface area (Å²) in [4.78, 5) is 2.28. The van der Waals surface area contributed by atoms with Crippen LogP contribution >= 0.6 is 0 Å². The average Bonchev–Trinajstić information content (AvgIpc) is 3.06. The van der Waals surface area contributed by atoms with E-state index in [1.807, 2.05) is 42.5 Å². The van der Waals surface area contributed by atoms with Crippen molar-refractivity contribution in [2.75, 3.05) is 20.2 Å². The van der Waals surface area contributed by atoms with Gasteiger partial charge in [0.05, 0.1) is 7.11 Å². The fraction of sp³-hybridized carbons (Fsp3) is 0.294. The van der Waals surface area contributed by atoms with Crippen molar-refractivity contribution in [3.8, 4) is 17.9 Å². The van der Waals surface area contributed by atoms with Crippen LogP contribution in [0.1, 0.15) is 18.4 Å². The molecular formula is C17H17N3O. The molecule has 4 nitrogen and oxygen atoms in total. The van der Waals surface area contributed by atoms with Crippen LogP contribution in [-0.4, -0.2) is 25.1 Å². The van der Waals surface area contributed by atoms with Crippen molar-refractivity contribution in [3.63, 3.8) is 0 Å². The van der Waals surface area contributed by atoms with E-state index in [1.165, 1.54) is 12.8 Å². The summed E-state index contributed by atoms with van der Waals surface area (Å²) >= 11 is 0. The Morgan fingerprint density at radius 3 is 2.24 bits per heavy atom. The highest BCUT2D eigenvalue weighted by Crippen LogP contribution is 2.25. The van der Waals surface area contributed by atoms with Crippen molar-refractivity contribution in [3.05, 3.63) is 47.6 Å². The normalized spacial score (nSPS) is 14.2. The van der Waals surface area contributed by atoms with Gasteiger partial charge in [-0.1, -0.05) is 0 Å². The zero-order valence-corrected chi connectivity index (χ0v) is 12.0. The molecular weight excluding hydrogens is 262 g/mol. The lowest BCUT2D eigenvalue weighted by molar-refractivity contribution is 0.414. The van der Waals surface area contributed by atoms with Crippen LogP contribution in [0.4, 0.5) is 0 Å². The van der Waals surface area contributed by atoms with Crippen molar-refractivity contribution in [1.82, 2.24) is 4.90 Å². The first kappa shape index (κ1) is 14.7. The number of nitriles is 2. The number of ether oxygens (including phenoxy) is 1. The molecule has 106 valence electrons. The lowest BCUT2D eigenvalue weighted by atomic mass is 10.1. The quantitative estimate of drug-likeness (QED) is 0.627. The maximum atomic E-state index is 8.84. The highest BCUT2D eigenvalue weighted by atomic mass is 16.5. The van der Waals surface area contributed by atoms with Gasteiger partial charge in [-0.2, -0.15) is 10.5 Å². The van der Waals surface area contributed by atoms with E-state index in [1.54, 1.807) is 13.2 Å². The zero-order valence-electron chi connectivity index (χ0n) is 12.0. The molecule has 0 bridgehead atoms. The monoisotopic (exact) mass is 279 g/mol. The minimum atomic E-state index is 0.111. The number of allylic oxidation sites excluding steroid dienone is 3. The molecule has 1 heterocycles. The van der Waals surface area contributed by atoms with E-state index in [-0.39, 0.29) is 5.57 Å². The second-order valence-electron chi connectivity index (χ2n) is 4.78. The molecule has 0 unspecified atom stereocenters. The van der Waals surface area contributed by atoms with Gasteiger partial charge in [0, 0.05) is 18.8 Å². The summed E-state index contributed by atoms with van der Waals surface area (Å²) in [6.45, 7) is 2.00. The van der Waals surface area contributed by atoms with Gasteiger partial charge < -0.3 is 9.64 Å². The summed E-state index contributed by atoms with van der Waals surface area (Å²) < 4.78 is 5.18. The molecule has 2 rings (SSSR count). The lowest BCUT2D eigenvalue weighted by Gasteiger charge is -2.21. The minimum absolute atomic E-state index is 0.111. The van der Waals surface area contributed by atoms with E-state index in [9.17, 15) is 0 Å². The molecule has 0 saturated carbocycles. The molecule has 1 aromatic rings. The smallest absolute Gasteiger partial charge is 0.129 e. The molecule has 1 aromatic carbocycles. The van der Waals surface area contributed by atoms with Crippen molar-refractivity contribution < 1.29 is 4.74 Å². The number of rotatable bonds is 4. The number of nitrogens with zero attached hydrogens (tertiary/aromatic N) is 3. The maximum Gasteiger partial charge on any atom is 0.129 e. The van der Waals surface area contributed by atoms with Crippen molar-refractivity contribution in [2.45, 2.75) is 12.8 Å². The maximum absolute atomic E-state index is 8.84. The second kappa shape index (κ2) is 7.17. The van der Waals surface area contributed by atoms with Crippen LogP contribution in [0.25, 0.3) is 5.70 Å². The molecule has 0 atom stereocenters. The Labute approximate surface area is 125 Å². The lowest BCUT2D eigenvalue weighted by Crippen LogP contribution is -2.17. The summed E-state index contributed by atoms with van der Waals surface area (Å²) in [5, 5.41) is 17.7. The Morgan fingerprint density at radius 1 is 1.10 bits per heavy atom. The van der Waals surface area contributed by atoms with Gasteiger partial charge in [0.1, 0.15) is 23.5 Å². The standard InChI is InChI=1S/C17H17N3O/c1-21-16-7-5-15(6-8-16)17(20-10-2-3-11-20)9-4-14(12-18)13-19/h4-9H,2-3,10-11H2,1H3/b17-9-. The van der Waals surface area contributed by atoms with Crippen molar-refractivity contribution >= 4 is 5.70 Å². The first-order valence-electron chi connectivity index (χ1n) is 6.90. The van der Waals surface area contributed by atoms with Gasteiger partial charge in [-0.3, -0.25) is 0 Å². The van der Waals surface area contributed by atoms with E-state index < -0.39 is 0 Å². The molecule has 21 heavy (non-hydrogen) atoms. The largest absolute Gasteiger partial charge is 0.497 e. The van der Waals surface area contributed by atoms with Gasteiger partial charge in [-0.25, -0.2) is 0 Å². The molecule has 0 radical (unpaired) electrons. The summed E-state index contributed by atoms with van der Waals surface area (Å²) in [5.41, 5.74) is 2.21. The first-order chi connectivity index (χ1) is 10.3. The van der Waals surface area contributed by atoms with Crippen LogP contribution in [0.5, 0.6) is 5.75 Å². The first-order valence-corrected chi connectivity index (χ1v) is 6.90. The molecule has 0 aliphatic carbocycles. The Hall–Kier alpha value is -2.72. The van der Waals surface area contributed by atoms with Crippen LogP contribution in [0.2, 0.25) is 0 Å². The topological polar surface area (TPSA) is 60.0 Å². The summed E-state index contributed by atoms with van der Waals surface area (Å²) in [6, 6.07) is 11.6. The van der Waals surface area contributed by atoms with Crippen molar-refractivity contribution in [1.29, 1.82) is 10.5 Å². The predicted molar refractivity (Wildman–Crippen MR) is 81.1 cm³/mol. The fourth-order valence-corrected chi connectivity index (χ4v) is 2.37. The van der Waals surface area contributed by atoms with Crippen molar-refractivity contribution in [2.24, 2.45) is 0 Å². The Bertz CT molecular complexity index is 607. The van der Waals surface area contributed by atoms with Gasteiger partial charge in [0.2, 0.25) is 0 Å². The van der Waals surface area contributed by atoms with E-state index in [0.717, 1.165) is 30.1 Å². The highest BCUT2D eigenvalue weighted by Gasteiger charge is 2.16. The summed E-state index contributed by atoms with van der Waals surface area (Å²) in [5.74, 6) is 0.810. The molecule has 1 fully saturated rings. The van der Waals surface area contributed by atoms with Gasteiger partial charge in [0.25, 0.3) is 0 Å². The van der Waals surface area contributed by atoms with Gasteiger partial charge in [-0.15, -0.1) is 0 Å². The fourth-order valence-electron chi connectivity index (χ4n) is 2.37. The Morgan fingerprint density at radius 2 is 1.71 bits per heavy atom. The number of methoxy groups -OCH3 is 1. The third-order valence-corrected chi connectivity index (χ3v) is 3.48. The van der Waals surface area contributed by atoms with Gasteiger partial charge in [-0.05, 0) is 54.8 Å². The Kier molecular flexibility index (Phi) is 5.01. The second-order valence-corrected chi connectivity index (χ2v) is 4.78. The number of hydrogen-bond acceptors (Lipinski definition) is 4. The van der Waals surface area contributed by atoms with E-state index in [4.69, 9.17) is 15.3 Å². The highest BCUT2D eigenvalue weighted by molar-refractivity contribution is 5.67. The number of benzene rings is 1. The molecule has 4 heteroatoms. The van der Waals surface area contributed by atoms with Gasteiger partial charge >= 0.3 is 0 Å². The third-order valence-electron chi connectivity index (χ3n) is 3.48. The predicted octanol–water partition coefficient (Wildman–Crippen LogP) is 3.11. The van der Waals surface area contributed by atoms with Crippen LogP contribution < -0.4 is 4.74 Å². The number of hydrogen-bond donors (Lipinski definition) is 0. The molecule has 1 saturated heterocycles. The average molecular weight is 279 g/mol. The van der Waals surface area contributed by atoms with Crippen LogP contribution in [0.15, 0.2) is 42.0 Å².